The van der Waals surface area contributed by atoms with Gasteiger partial charge in [-0.05, 0) is 61.7 Å². The van der Waals surface area contributed by atoms with Crippen LogP contribution in [0.15, 0.2) is 59.9 Å². The first-order valence-electron chi connectivity index (χ1n) is 11.2. The molecule has 2 aromatic heterocycles. The highest BCUT2D eigenvalue weighted by molar-refractivity contribution is 6.26. The summed E-state index contributed by atoms with van der Waals surface area (Å²) < 4.78 is 16.8. The lowest BCUT2D eigenvalue weighted by atomic mass is 9.99. The molecule has 8 nitrogen and oxygen atoms in total. The minimum Gasteiger partial charge on any atom is -0.497 e. The maximum absolute atomic E-state index is 13.4. The molecule has 0 spiro atoms. The molecule has 0 bridgehead atoms. The first-order valence-corrected chi connectivity index (χ1v) is 11.2. The van der Waals surface area contributed by atoms with Gasteiger partial charge < -0.3 is 24.1 Å². The van der Waals surface area contributed by atoms with Crippen molar-refractivity contribution < 1.29 is 23.8 Å². The maximum Gasteiger partial charge on any atom is 0.348 e. The molecule has 8 heteroatoms. The van der Waals surface area contributed by atoms with Crippen LogP contribution in [0.5, 0.6) is 5.75 Å². The summed E-state index contributed by atoms with van der Waals surface area (Å²) >= 11 is 0. The Labute approximate surface area is 196 Å². The third kappa shape index (κ3) is 3.91. The van der Waals surface area contributed by atoms with Gasteiger partial charge in [0.1, 0.15) is 11.4 Å². The molecule has 4 heterocycles. The van der Waals surface area contributed by atoms with Gasteiger partial charge in [-0.25, -0.2) is 9.78 Å². The zero-order valence-electron chi connectivity index (χ0n) is 19.3. The molecule has 34 heavy (non-hydrogen) atoms. The number of Topliss-reactive ketones (excluding diaryl/α,β-unsaturated/α-hetero) is 1. The highest BCUT2D eigenvalue weighted by Crippen LogP contribution is 2.34. The van der Waals surface area contributed by atoms with Crippen molar-refractivity contribution in [2.75, 3.05) is 13.7 Å². The Morgan fingerprint density at radius 2 is 2.12 bits per heavy atom. The summed E-state index contributed by atoms with van der Waals surface area (Å²) in [6, 6.07) is 9.65. The second-order valence-electron chi connectivity index (χ2n) is 8.52. The summed E-state index contributed by atoms with van der Waals surface area (Å²) in [5.74, 6) is -0.0467. The molecule has 2 aliphatic rings. The SMILES string of the molecule is COc1ccc2c(c1)CCN(C1=C(C(=O)OC(C)C)C(=O)/C(=C/c3c[nH]c4ncccc34)O1)C2. The third-order valence-corrected chi connectivity index (χ3v) is 5.90. The van der Waals surface area contributed by atoms with Crippen molar-refractivity contribution in [3.05, 3.63) is 76.6 Å². The topological polar surface area (TPSA) is 93.8 Å². The van der Waals surface area contributed by atoms with Crippen molar-refractivity contribution >= 4 is 28.9 Å². The number of H-pyrrole nitrogens is 1. The first-order chi connectivity index (χ1) is 16.4. The second-order valence-corrected chi connectivity index (χ2v) is 8.52. The van der Waals surface area contributed by atoms with Gasteiger partial charge in [0.2, 0.25) is 11.7 Å². The van der Waals surface area contributed by atoms with E-state index in [0.29, 0.717) is 18.7 Å². The number of aromatic amines is 1. The fourth-order valence-corrected chi connectivity index (χ4v) is 4.26. The number of ketones is 1. The minimum atomic E-state index is -0.681. The van der Waals surface area contributed by atoms with E-state index in [-0.39, 0.29) is 23.3 Å². The van der Waals surface area contributed by atoms with Gasteiger partial charge in [0.05, 0.1) is 13.2 Å². The van der Waals surface area contributed by atoms with E-state index in [9.17, 15) is 9.59 Å². The highest BCUT2D eigenvalue weighted by Gasteiger charge is 2.40. The number of fused-ring (bicyclic) bond motifs is 2. The molecule has 0 saturated heterocycles. The van der Waals surface area contributed by atoms with Gasteiger partial charge >= 0.3 is 5.97 Å². The number of nitrogens with one attached hydrogen (secondary N) is 1. The van der Waals surface area contributed by atoms with E-state index in [1.807, 2.05) is 35.2 Å². The summed E-state index contributed by atoms with van der Waals surface area (Å²) in [5.41, 5.74) is 3.65. The van der Waals surface area contributed by atoms with E-state index in [2.05, 4.69) is 9.97 Å². The van der Waals surface area contributed by atoms with Crippen molar-refractivity contribution in [3.8, 4) is 5.75 Å². The Bertz CT molecular complexity index is 1350. The number of esters is 1. The zero-order valence-corrected chi connectivity index (χ0v) is 19.3. The smallest absolute Gasteiger partial charge is 0.348 e. The van der Waals surface area contributed by atoms with Gasteiger partial charge in [-0.3, -0.25) is 4.79 Å². The number of ether oxygens (including phenoxy) is 3. The largest absolute Gasteiger partial charge is 0.497 e. The van der Waals surface area contributed by atoms with E-state index in [1.165, 1.54) is 5.56 Å². The van der Waals surface area contributed by atoms with Crippen LogP contribution in [0, 0.1) is 0 Å². The molecule has 2 aliphatic heterocycles. The van der Waals surface area contributed by atoms with Crippen molar-refractivity contribution in [2.45, 2.75) is 32.9 Å². The van der Waals surface area contributed by atoms with Crippen molar-refractivity contribution in [1.29, 1.82) is 0 Å². The molecule has 3 aromatic rings. The fourth-order valence-electron chi connectivity index (χ4n) is 4.26. The van der Waals surface area contributed by atoms with Crippen molar-refractivity contribution in [1.82, 2.24) is 14.9 Å². The molecule has 0 saturated carbocycles. The number of allylic oxidation sites excluding steroid dienone is 1. The number of aromatic nitrogens is 2. The van der Waals surface area contributed by atoms with Crippen LogP contribution in [0.1, 0.15) is 30.5 Å². The van der Waals surface area contributed by atoms with Gasteiger partial charge in [0.25, 0.3) is 0 Å². The summed E-state index contributed by atoms with van der Waals surface area (Å²) in [7, 11) is 1.64. The van der Waals surface area contributed by atoms with Gasteiger partial charge in [-0.1, -0.05) is 6.07 Å². The minimum absolute atomic E-state index is 0.0742. The van der Waals surface area contributed by atoms with E-state index in [4.69, 9.17) is 14.2 Å². The van der Waals surface area contributed by atoms with Crippen molar-refractivity contribution in [3.63, 3.8) is 0 Å². The van der Waals surface area contributed by atoms with Crippen LogP contribution >= 0.6 is 0 Å². The summed E-state index contributed by atoms with van der Waals surface area (Å²) in [6.45, 7) is 4.59. The molecular weight excluding hydrogens is 434 g/mol. The van der Waals surface area contributed by atoms with E-state index < -0.39 is 11.8 Å². The number of hydrogen-bond donors (Lipinski definition) is 1. The standard InChI is InChI=1S/C26H25N3O5/c1-15(2)33-26(31)22-23(30)21(12-18-13-28-24-20(18)5-4-9-27-24)34-25(22)29-10-8-16-11-19(32-3)7-6-17(16)14-29/h4-7,9,11-13,15H,8,10,14H2,1-3H3,(H,27,28)/b21-12-. The van der Waals surface area contributed by atoms with Crippen LogP contribution in [-0.2, 0) is 32.0 Å². The molecule has 0 unspecified atom stereocenters. The van der Waals surface area contributed by atoms with Crippen LogP contribution < -0.4 is 4.74 Å². The number of rotatable bonds is 5. The molecule has 0 amide bonds. The Morgan fingerprint density at radius 3 is 2.91 bits per heavy atom. The lowest BCUT2D eigenvalue weighted by Crippen LogP contribution is -2.32. The summed E-state index contributed by atoms with van der Waals surface area (Å²) in [6.07, 6.45) is 5.46. The average molecular weight is 460 g/mol. The lowest BCUT2D eigenvalue weighted by molar-refractivity contribution is -0.143. The molecule has 174 valence electrons. The van der Waals surface area contributed by atoms with Gasteiger partial charge in [-0.2, -0.15) is 0 Å². The lowest BCUT2D eigenvalue weighted by Gasteiger charge is -2.31. The number of carbonyl (C=O) groups is 2. The molecule has 0 radical (unpaired) electrons. The average Bonchev–Trinajstić information content (AvgIpc) is 3.39. The van der Waals surface area contributed by atoms with E-state index in [1.54, 1.807) is 39.4 Å². The third-order valence-electron chi connectivity index (χ3n) is 5.90. The van der Waals surface area contributed by atoms with Crippen LogP contribution in [0.3, 0.4) is 0 Å². The number of nitrogens with zero attached hydrogens (tertiary/aromatic N) is 2. The van der Waals surface area contributed by atoms with Gasteiger partial charge in [-0.15, -0.1) is 0 Å². The summed E-state index contributed by atoms with van der Waals surface area (Å²) in [4.78, 5) is 35.6. The number of methoxy groups -OCH3 is 1. The number of pyridine rings is 1. The van der Waals surface area contributed by atoms with E-state index in [0.717, 1.165) is 28.7 Å². The van der Waals surface area contributed by atoms with Crippen LogP contribution in [0.4, 0.5) is 0 Å². The van der Waals surface area contributed by atoms with Crippen LogP contribution in [0.25, 0.3) is 17.1 Å². The monoisotopic (exact) mass is 459 g/mol. The predicted molar refractivity (Wildman–Crippen MR) is 126 cm³/mol. The molecule has 1 aromatic carbocycles. The molecule has 1 N–H and O–H groups in total. The Morgan fingerprint density at radius 1 is 1.26 bits per heavy atom. The number of hydrogen-bond acceptors (Lipinski definition) is 7. The van der Waals surface area contributed by atoms with Crippen molar-refractivity contribution in [2.24, 2.45) is 0 Å². The highest BCUT2D eigenvalue weighted by atomic mass is 16.6. The first kappa shape index (κ1) is 21.8. The van der Waals surface area contributed by atoms with E-state index >= 15 is 0 Å². The molecular formula is C26H25N3O5. The zero-order chi connectivity index (χ0) is 23.8. The fraction of sp³-hybridized carbons (Fsp3) is 0.269. The van der Waals surface area contributed by atoms with Gasteiger partial charge in [0, 0.05) is 36.4 Å². The quantitative estimate of drug-likeness (QED) is 0.353. The molecule has 5 rings (SSSR count). The number of carbonyl (C=O) groups excluding carboxylic acids is 2. The van der Waals surface area contributed by atoms with Crippen LogP contribution in [-0.4, -0.2) is 46.4 Å². The second kappa shape index (κ2) is 8.70. The molecule has 0 atom stereocenters. The normalized spacial score (nSPS) is 16.9. The Kier molecular flexibility index (Phi) is 5.57. The predicted octanol–water partition coefficient (Wildman–Crippen LogP) is 3.73. The van der Waals surface area contributed by atoms with Crippen LogP contribution in [0.2, 0.25) is 0 Å². The summed E-state index contributed by atoms with van der Waals surface area (Å²) in [5, 5.41) is 0.854. The number of benzene rings is 1. The van der Waals surface area contributed by atoms with Gasteiger partial charge in [0.15, 0.2) is 11.3 Å². The maximum atomic E-state index is 13.4. The Balaban J connectivity index is 1.50. The Hall–Kier alpha value is -4.07. The molecule has 0 fully saturated rings. The molecule has 0 aliphatic carbocycles.